The Bertz CT molecular complexity index is 543. The molecular weight excluding hydrogens is 358 g/mol. The van der Waals surface area contributed by atoms with Crippen LogP contribution < -0.4 is 16.1 Å². The molecule has 0 saturated carbocycles. The van der Waals surface area contributed by atoms with Crippen LogP contribution in [-0.2, 0) is 23.9 Å². The molecule has 156 valence electrons. The van der Waals surface area contributed by atoms with Gasteiger partial charge in [-0.25, -0.2) is 5.48 Å². The SMILES string of the molecule is COC(=O)CNC(=O)C(NC(=O)[C@H](CC(C)C)[C@H](O)C(=O)NO)C(C)(C)C. The van der Waals surface area contributed by atoms with E-state index in [1.807, 2.05) is 0 Å². The lowest BCUT2D eigenvalue weighted by Crippen LogP contribution is -2.57. The first-order chi connectivity index (χ1) is 12.3. The molecule has 3 amide bonds. The molecule has 27 heavy (non-hydrogen) atoms. The van der Waals surface area contributed by atoms with Crippen molar-refractivity contribution < 1.29 is 34.2 Å². The van der Waals surface area contributed by atoms with Gasteiger partial charge in [-0.05, 0) is 17.8 Å². The van der Waals surface area contributed by atoms with E-state index in [-0.39, 0.29) is 18.9 Å². The standard InChI is InChI=1S/C17H31N3O7/c1-9(2)7-10(12(22)15(24)20-26)14(23)19-13(17(3,4)5)16(25)18-8-11(21)27-6/h9-10,12-13,22,26H,7-8H2,1-6H3,(H,18,25)(H,19,23)(H,20,24)/t10-,12+,13?/m1/s1. The molecule has 0 aromatic rings. The summed E-state index contributed by atoms with van der Waals surface area (Å²) in [6, 6.07) is -1.03. The lowest BCUT2D eigenvalue weighted by atomic mass is 9.84. The minimum atomic E-state index is -1.78. The average molecular weight is 389 g/mol. The van der Waals surface area contributed by atoms with Gasteiger partial charge in [0, 0.05) is 0 Å². The summed E-state index contributed by atoms with van der Waals surface area (Å²) in [4.78, 5) is 47.9. The molecular formula is C17H31N3O7. The summed E-state index contributed by atoms with van der Waals surface area (Å²) in [6.45, 7) is 8.38. The van der Waals surface area contributed by atoms with Gasteiger partial charge in [0.25, 0.3) is 5.91 Å². The van der Waals surface area contributed by atoms with Crippen molar-refractivity contribution >= 4 is 23.7 Å². The highest BCUT2D eigenvalue weighted by Crippen LogP contribution is 2.22. The topological polar surface area (TPSA) is 154 Å². The lowest BCUT2D eigenvalue weighted by molar-refractivity contribution is -0.148. The Morgan fingerprint density at radius 1 is 1.04 bits per heavy atom. The van der Waals surface area contributed by atoms with Crippen molar-refractivity contribution in [3.63, 3.8) is 0 Å². The molecule has 5 N–H and O–H groups in total. The summed E-state index contributed by atoms with van der Waals surface area (Å²) in [5.74, 6) is -4.29. The van der Waals surface area contributed by atoms with E-state index in [1.54, 1.807) is 34.6 Å². The molecule has 10 heteroatoms. The predicted octanol–water partition coefficient (Wildman–Crippen LogP) is -0.665. The number of ether oxygens (including phenoxy) is 1. The molecule has 0 aliphatic carbocycles. The van der Waals surface area contributed by atoms with E-state index >= 15 is 0 Å². The van der Waals surface area contributed by atoms with Crippen molar-refractivity contribution in [2.45, 2.75) is 53.2 Å². The van der Waals surface area contributed by atoms with E-state index in [0.717, 1.165) is 0 Å². The molecule has 0 aliphatic heterocycles. The Kier molecular flexibility index (Phi) is 9.95. The van der Waals surface area contributed by atoms with E-state index in [0.29, 0.717) is 0 Å². The smallest absolute Gasteiger partial charge is 0.325 e. The van der Waals surface area contributed by atoms with Crippen molar-refractivity contribution in [1.29, 1.82) is 0 Å². The maximum atomic E-state index is 12.7. The minimum absolute atomic E-state index is 0.0388. The van der Waals surface area contributed by atoms with Crippen LogP contribution in [0.1, 0.15) is 41.0 Å². The second kappa shape index (κ2) is 10.8. The van der Waals surface area contributed by atoms with E-state index in [9.17, 15) is 24.3 Å². The zero-order valence-corrected chi connectivity index (χ0v) is 16.7. The van der Waals surface area contributed by atoms with Crippen LogP contribution in [0.3, 0.4) is 0 Å². The van der Waals surface area contributed by atoms with Crippen LogP contribution in [0, 0.1) is 17.3 Å². The third-order valence-corrected chi connectivity index (χ3v) is 3.87. The molecule has 0 aromatic carbocycles. The molecule has 0 saturated heterocycles. The molecule has 3 atom stereocenters. The second-order valence-corrected chi connectivity index (χ2v) is 7.76. The van der Waals surface area contributed by atoms with Gasteiger partial charge in [-0.1, -0.05) is 34.6 Å². The highest BCUT2D eigenvalue weighted by atomic mass is 16.5. The van der Waals surface area contributed by atoms with Gasteiger partial charge in [-0.2, -0.15) is 0 Å². The normalized spacial score (nSPS) is 14.7. The van der Waals surface area contributed by atoms with Crippen molar-refractivity contribution in [3.05, 3.63) is 0 Å². The fourth-order valence-electron chi connectivity index (χ4n) is 2.39. The van der Waals surface area contributed by atoms with Gasteiger partial charge in [0.2, 0.25) is 11.8 Å². The number of hydrogen-bond acceptors (Lipinski definition) is 7. The fourth-order valence-corrected chi connectivity index (χ4v) is 2.39. The number of nitrogens with one attached hydrogen (secondary N) is 3. The number of esters is 1. The third kappa shape index (κ3) is 8.35. The number of aliphatic hydroxyl groups is 1. The van der Waals surface area contributed by atoms with E-state index in [4.69, 9.17) is 5.21 Å². The third-order valence-electron chi connectivity index (χ3n) is 3.87. The quantitative estimate of drug-likeness (QED) is 0.199. The van der Waals surface area contributed by atoms with Crippen LogP contribution in [-0.4, -0.2) is 59.8 Å². The molecule has 0 radical (unpaired) electrons. The Balaban J connectivity index is 5.40. The molecule has 0 rings (SSSR count). The van der Waals surface area contributed by atoms with Gasteiger partial charge in [0.1, 0.15) is 18.7 Å². The molecule has 0 heterocycles. The molecule has 0 bridgehead atoms. The van der Waals surface area contributed by atoms with Crippen LogP contribution >= 0.6 is 0 Å². The van der Waals surface area contributed by atoms with Crippen molar-refractivity contribution in [2.24, 2.45) is 17.3 Å². The molecule has 10 nitrogen and oxygen atoms in total. The van der Waals surface area contributed by atoms with Gasteiger partial charge in [0.15, 0.2) is 0 Å². The van der Waals surface area contributed by atoms with E-state index in [2.05, 4.69) is 15.4 Å². The summed E-state index contributed by atoms with van der Waals surface area (Å²) in [5.41, 5.74) is 0.599. The summed E-state index contributed by atoms with van der Waals surface area (Å²) in [6.07, 6.45) is -1.63. The van der Waals surface area contributed by atoms with Gasteiger partial charge >= 0.3 is 5.97 Å². The molecule has 1 unspecified atom stereocenters. The number of carbonyl (C=O) groups is 4. The summed E-state index contributed by atoms with van der Waals surface area (Å²) in [7, 11) is 1.18. The van der Waals surface area contributed by atoms with Gasteiger partial charge < -0.3 is 20.5 Å². The first-order valence-electron chi connectivity index (χ1n) is 8.62. The lowest BCUT2D eigenvalue weighted by Gasteiger charge is -2.32. The molecule has 0 aliphatic rings. The number of hydroxylamine groups is 1. The number of carbonyl (C=O) groups excluding carboxylic acids is 4. The fraction of sp³-hybridized carbons (Fsp3) is 0.765. The summed E-state index contributed by atoms with van der Waals surface area (Å²) in [5, 5.41) is 23.7. The first kappa shape index (κ1) is 24.8. The number of hydrogen-bond donors (Lipinski definition) is 5. The van der Waals surface area contributed by atoms with Crippen molar-refractivity contribution in [2.75, 3.05) is 13.7 Å². The van der Waals surface area contributed by atoms with Crippen LogP contribution in [0.25, 0.3) is 0 Å². The molecule has 0 fully saturated rings. The summed E-state index contributed by atoms with van der Waals surface area (Å²) < 4.78 is 4.46. The van der Waals surface area contributed by atoms with Crippen molar-refractivity contribution in [1.82, 2.24) is 16.1 Å². The number of aliphatic hydroxyl groups excluding tert-OH is 1. The largest absolute Gasteiger partial charge is 0.468 e. The zero-order chi connectivity index (χ0) is 21.4. The minimum Gasteiger partial charge on any atom is -0.468 e. The molecule has 0 aromatic heterocycles. The van der Waals surface area contributed by atoms with E-state index < -0.39 is 47.2 Å². The van der Waals surface area contributed by atoms with Gasteiger partial charge in [0.05, 0.1) is 13.0 Å². The van der Waals surface area contributed by atoms with Crippen LogP contribution in [0.4, 0.5) is 0 Å². The number of rotatable bonds is 9. The Morgan fingerprint density at radius 3 is 2.00 bits per heavy atom. The Morgan fingerprint density at radius 2 is 1.59 bits per heavy atom. The van der Waals surface area contributed by atoms with Crippen LogP contribution in [0.2, 0.25) is 0 Å². The van der Waals surface area contributed by atoms with E-state index in [1.165, 1.54) is 12.6 Å². The Labute approximate surface area is 159 Å². The number of amides is 3. The van der Waals surface area contributed by atoms with Gasteiger partial charge in [-0.15, -0.1) is 0 Å². The number of methoxy groups -OCH3 is 1. The average Bonchev–Trinajstić information content (AvgIpc) is 2.58. The highest BCUT2D eigenvalue weighted by Gasteiger charge is 2.38. The maximum absolute atomic E-state index is 12.7. The van der Waals surface area contributed by atoms with Crippen molar-refractivity contribution in [3.8, 4) is 0 Å². The predicted molar refractivity (Wildman–Crippen MR) is 95.3 cm³/mol. The monoisotopic (exact) mass is 389 g/mol. The van der Waals surface area contributed by atoms with Crippen LogP contribution in [0.15, 0.2) is 0 Å². The first-order valence-corrected chi connectivity index (χ1v) is 8.62. The zero-order valence-electron chi connectivity index (χ0n) is 16.7. The molecule has 0 spiro atoms. The highest BCUT2D eigenvalue weighted by molar-refractivity contribution is 5.93. The maximum Gasteiger partial charge on any atom is 0.325 e. The second-order valence-electron chi connectivity index (χ2n) is 7.76. The Hall–Kier alpha value is -2.20. The van der Waals surface area contributed by atoms with Gasteiger partial charge in [-0.3, -0.25) is 24.4 Å². The summed E-state index contributed by atoms with van der Waals surface area (Å²) >= 11 is 0. The van der Waals surface area contributed by atoms with Crippen LogP contribution in [0.5, 0.6) is 0 Å².